The van der Waals surface area contributed by atoms with Crippen molar-refractivity contribution in [3.63, 3.8) is 0 Å². The molecule has 25 heavy (non-hydrogen) atoms. The largest absolute Gasteiger partial charge is 0.350 e. The summed E-state index contributed by atoms with van der Waals surface area (Å²) in [4.78, 5) is 24.0. The van der Waals surface area contributed by atoms with Crippen molar-refractivity contribution in [2.75, 3.05) is 6.54 Å². The molecular formula is C19H32ClN3O2. The third-order valence-electron chi connectivity index (χ3n) is 4.00. The molecule has 0 bridgehead atoms. The van der Waals surface area contributed by atoms with E-state index in [4.69, 9.17) is 5.73 Å². The summed E-state index contributed by atoms with van der Waals surface area (Å²) in [6.07, 6.45) is 1.00. The number of aryl methyl sites for hydroxylation is 1. The molecule has 4 N–H and O–H groups in total. The van der Waals surface area contributed by atoms with Crippen molar-refractivity contribution in [1.82, 2.24) is 10.6 Å². The smallest absolute Gasteiger partial charge is 0.222 e. The molecule has 0 fully saturated rings. The number of nitrogens with two attached hydrogens (primary N) is 1. The maximum atomic E-state index is 12.5. The minimum Gasteiger partial charge on any atom is -0.350 e. The van der Waals surface area contributed by atoms with E-state index in [1.807, 2.05) is 38.1 Å². The first-order valence-corrected chi connectivity index (χ1v) is 8.50. The fourth-order valence-corrected chi connectivity index (χ4v) is 2.96. The third kappa shape index (κ3) is 8.36. The molecule has 2 amide bonds. The van der Waals surface area contributed by atoms with Gasteiger partial charge >= 0.3 is 0 Å². The van der Waals surface area contributed by atoms with Crippen LogP contribution in [0.5, 0.6) is 0 Å². The van der Waals surface area contributed by atoms with Crippen LogP contribution in [0.15, 0.2) is 24.3 Å². The van der Waals surface area contributed by atoms with Gasteiger partial charge in [-0.1, -0.05) is 43.7 Å². The molecule has 2 atom stereocenters. The van der Waals surface area contributed by atoms with Gasteiger partial charge in [0.1, 0.15) is 0 Å². The van der Waals surface area contributed by atoms with Crippen molar-refractivity contribution in [1.29, 1.82) is 0 Å². The summed E-state index contributed by atoms with van der Waals surface area (Å²) >= 11 is 0. The van der Waals surface area contributed by atoms with Crippen LogP contribution >= 0.6 is 12.4 Å². The average Bonchev–Trinajstić information content (AvgIpc) is 2.45. The summed E-state index contributed by atoms with van der Waals surface area (Å²) in [5.74, 6) is 0.169. The van der Waals surface area contributed by atoms with Gasteiger partial charge in [0.25, 0.3) is 0 Å². The van der Waals surface area contributed by atoms with Crippen LogP contribution in [0.1, 0.15) is 57.7 Å². The van der Waals surface area contributed by atoms with Crippen molar-refractivity contribution in [2.24, 2.45) is 11.7 Å². The number of benzene rings is 1. The molecule has 142 valence electrons. The molecule has 0 radical (unpaired) electrons. The number of carbonyl (C=O) groups excluding carboxylic acids is 2. The molecule has 1 aromatic rings. The molecule has 0 spiro atoms. The molecule has 0 saturated carbocycles. The second-order valence-corrected chi connectivity index (χ2v) is 7.28. The lowest BCUT2D eigenvalue weighted by Gasteiger charge is -2.32. The van der Waals surface area contributed by atoms with Crippen molar-refractivity contribution in [2.45, 2.75) is 59.0 Å². The van der Waals surface area contributed by atoms with E-state index in [1.165, 1.54) is 6.92 Å². The molecular weight excluding hydrogens is 338 g/mol. The summed E-state index contributed by atoms with van der Waals surface area (Å²) < 4.78 is 0. The van der Waals surface area contributed by atoms with E-state index >= 15 is 0 Å². The van der Waals surface area contributed by atoms with Crippen LogP contribution in [-0.4, -0.2) is 23.9 Å². The van der Waals surface area contributed by atoms with Gasteiger partial charge in [0.05, 0.1) is 12.5 Å². The zero-order valence-corrected chi connectivity index (χ0v) is 16.7. The fourth-order valence-electron chi connectivity index (χ4n) is 2.96. The summed E-state index contributed by atoms with van der Waals surface area (Å²) in [7, 11) is 0. The minimum absolute atomic E-state index is 0. The molecule has 0 aliphatic carbocycles. The third-order valence-corrected chi connectivity index (χ3v) is 4.00. The molecule has 5 nitrogen and oxygen atoms in total. The first-order valence-electron chi connectivity index (χ1n) is 8.50. The summed E-state index contributed by atoms with van der Waals surface area (Å²) in [6, 6.07) is 7.50. The first-order chi connectivity index (χ1) is 11.1. The predicted octanol–water partition coefficient (Wildman–Crippen LogP) is 2.86. The quantitative estimate of drug-likeness (QED) is 0.658. The Morgan fingerprint density at radius 1 is 1.20 bits per heavy atom. The Morgan fingerprint density at radius 2 is 1.76 bits per heavy atom. The maximum Gasteiger partial charge on any atom is 0.222 e. The van der Waals surface area contributed by atoms with Crippen LogP contribution in [0.25, 0.3) is 0 Å². The molecule has 0 aliphatic heterocycles. The highest BCUT2D eigenvalue weighted by Crippen LogP contribution is 2.20. The van der Waals surface area contributed by atoms with Crippen LogP contribution in [-0.2, 0) is 9.59 Å². The fraction of sp³-hybridized carbons (Fsp3) is 0.579. The van der Waals surface area contributed by atoms with Gasteiger partial charge in [-0.05, 0) is 31.7 Å². The van der Waals surface area contributed by atoms with E-state index in [-0.39, 0.29) is 36.7 Å². The van der Waals surface area contributed by atoms with E-state index in [1.54, 1.807) is 0 Å². The van der Waals surface area contributed by atoms with Gasteiger partial charge < -0.3 is 16.4 Å². The lowest BCUT2D eigenvalue weighted by atomic mass is 9.90. The Hall–Kier alpha value is -1.59. The van der Waals surface area contributed by atoms with Gasteiger partial charge in [-0.3, -0.25) is 9.59 Å². The topological polar surface area (TPSA) is 84.2 Å². The monoisotopic (exact) mass is 369 g/mol. The Bertz CT molecular complexity index is 560. The molecule has 0 aliphatic rings. The number of rotatable bonds is 8. The normalized spacial score (nSPS) is 14.2. The molecule has 0 saturated heterocycles. The molecule has 2 unspecified atom stereocenters. The van der Waals surface area contributed by atoms with Gasteiger partial charge in [0, 0.05) is 19.0 Å². The highest BCUT2D eigenvalue weighted by atomic mass is 35.5. The van der Waals surface area contributed by atoms with E-state index in [0.717, 1.165) is 17.5 Å². The average molecular weight is 370 g/mol. The van der Waals surface area contributed by atoms with Crippen molar-refractivity contribution in [3.8, 4) is 0 Å². The van der Waals surface area contributed by atoms with Gasteiger partial charge in [-0.15, -0.1) is 12.4 Å². The van der Waals surface area contributed by atoms with Crippen molar-refractivity contribution >= 4 is 24.2 Å². The number of carbonyl (C=O) groups is 2. The van der Waals surface area contributed by atoms with Crippen molar-refractivity contribution < 1.29 is 9.59 Å². The summed E-state index contributed by atoms with van der Waals surface area (Å²) in [5.41, 5.74) is 7.48. The van der Waals surface area contributed by atoms with E-state index < -0.39 is 5.54 Å². The molecule has 0 aromatic heterocycles. The Labute approximate surface area is 157 Å². The number of amides is 2. The zero-order chi connectivity index (χ0) is 18.3. The van der Waals surface area contributed by atoms with Crippen LogP contribution in [0.4, 0.5) is 0 Å². The standard InChI is InChI=1S/C19H31N3O2.ClH/c1-13(2)11-19(5,12-20)22-18(24)10-17(21-15(4)23)16-8-6-14(3)7-9-16;/h6-9,13,17H,10-12,20H2,1-5H3,(H,21,23)(H,22,24);1H. The van der Waals surface area contributed by atoms with Crippen LogP contribution in [0.3, 0.4) is 0 Å². The molecule has 1 aromatic carbocycles. The predicted molar refractivity (Wildman–Crippen MR) is 105 cm³/mol. The van der Waals surface area contributed by atoms with Crippen molar-refractivity contribution in [3.05, 3.63) is 35.4 Å². The maximum absolute atomic E-state index is 12.5. The minimum atomic E-state index is -0.431. The Balaban J connectivity index is 0.00000576. The van der Waals surface area contributed by atoms with Gasteiger partial charge in [0.15, 0.2) is 0 Å². The molecule has 0 heterocycles. The van der Waals surface area contributed by atoms with Crippen LogP contribution < -0.4 is 16.4 Å². The highest BCUT2D eigenvalue weighted by molar-refractivity contribution is 5.85. The van der Waals surface area contributed by atoms with Crippen LogP contribution in [0.2, 0.25) is 0 Å². The lowest BCUT2D eigenvalue weighted by molar-refractivity contribution is -0.124. The highest BCUT2D eigenvalue weighted by Gasteiger charge is 2.27. The Morgan fingerprint density at radius 3 is 2.20 bits per heavy atom. The van der Waals surface area contributed by atoms with E-state index in [9.17, 15) is 9.59 Å². The second kappa shape index (κ2) is 10.4. The van der Waals surface area contributed by atoms with E-state index in [0.29, 0.717) is 12.5 Å². The number of hydrogen-bond acceptors (Lipinski definition) is 3. The molecule has 1 rings (SSSR count). The lowest BCUT2D eigenvalue weighted by Crippen LogP contribution is -2.52. The number of hydrogen-bond donors (Lipinski definition) is 3. The number of nitrogens with one attached hydrogen (secondary N) is 2. The Kier molecular flexibility index (Phi) is 9.75. The van der Waals surface area contributed by atoms with Crippen LogP contribution in [0, 0.1) is 12.8 Å². The zero-order valence-electron chi connectivity index (χ0n) is 15.9. The first kappa shape index (κ1) is 23.4. The SMILES string of the molecule is CC(=O)NC(CC(=O)NC(C)(CN)CC(C)C)c1ccc(C)cc1.Cl. The second-order valence-electron chi connectivity index (χ2n) is 7.28. The molecule has 6 heteroatoms. The number of halogens is 1. The van der Waals surface area contributed by atoms with E-state index in [2.05, 4.69) is 24.5 Å². The van der Waals surface area contributed by atoms with Gasteiger partial charge in [-0.25, -0.2) is 0 Å². The van der Waals surface area contributed by atoms with Gasteiger partial charge in [0.2, 0.25) is 11.8 Å². The van der Waals surface area contributed by atoms with Gasteiger partial charge in [-0.2, -0.15) is 0 Å². The summed E-state index contributed by atoms with van der Waals surface area (Å²) in [5, 5.41) is 5.90. The summed E-state index contributed by atoms with van der Waals surface area (Å²) in [6.45, 7) is 10.0.